The quantitative estimate of drug-likeness (QED) is 0.598. The van der Waals surface area contributed by atoms with Crippen LogP contribution in [0.3, 0.4) is 0 Å². The monoisotopic (exact) mass is 165 g/mol. The Balaban J connectivity index is 3.04. The molecule has 2 heteroatoms. The summed E-state index contributed by atoms with van der Waals surface area (Å²) in [6.07, 6.45) is 2.74. The maximum Gasteiger partial charge on any atom is 0.203 e. The van der Waals surface area contributed by atoms with Gasteiger partial charge in [-0.2, -0.15) is 0 Å². The lowest BCUT2D eigenvalue weighted by Gasteiger charge is -2.27. The topological polar surface area (TPSA) is 29.1 Å². The van der Waals surface area contributed by atoms with E-state index in [9.17, 15) is 4.79 Å². The number of rotatable bonds is 1. The van der Waals surface area contributed by atoms with Gasteiger partial charge in [0, 0.05) is 7.05 Å². The number of ketones is 1. The Kier molecular flexibility index (Phi) is 2.09. The van der Waals surface area contributed by atoms with E-state index in [1.807, 2.05) is 6.08 Å². The largest absolute Gasteiger partial charge is 0.385 e. The molecule has 0 saturated heterocycles. The lowest BCUT2D eigenvalue weighted by Crippen LogP contribution is -2.27. The van der Waals surface area contributed by atoms with Crippen LogP contribution in [0.15, 0.2) is 23.9 Å². The van der Waals surface area contributed by atoms with Gasteiger partial charge in [0.15, 0.2) is 0 Å². The van der Waals surface area contributed by atoms with Crippen molar-refractivity contribution in [2.24, 2.45) is 5.41 Å². The third-order valence-electron chi connectivity index (χ3n) is 2.04. The highest BCUT2D eigenvalue weighted by atomic mass is 16.1. The molecule has 0 aliphatic heterocycles. The molecule has 0 amide bonds. The summed E-state index contributed by atoms with van der Waals surface area (Å²) in [5.74, 6) is 0.0526. The molecule has 0 fully saturated rings. The molecule has 1 rings (SSSR count). The summed E-state index contributed by atoms with van der Waals surface area (Å²) in [6.45, 7) is 7.96. The Labute approximate surface area is 73.4 Å². The number of nitrogens with one attached hydrogen (secondary N) is 1. The maximum absolute atomic E-state index is 11.4. The molecule has 0 aromatic rings. The Hall–Kier alpha value is -1.05. The van der Waals surface area contributed by atoms with Crippen LogP contribution in [0.1, 0.15) is 20.3 Å². The van der Waals surface area contributed by atoms with Crippen LogP contribution in [0.4, 0.5) is 0 Å². The zero-order chi connectivity index (χ0) is 9.35. The van der Waals surface area contributed by atoms with Crippen LogP contribution in [-0.2, 0) is 4.79 Å². The molecule has 0 heterocycles. The number of hydrogen-bond donors (Lipinski definition) is 1. The van der Waals surface area contributed by atoms with Crippen molar-refractivity contribution in [1.29, 1.82) is 0 Å². The van der Waals surface area contributed by atoms with Gasteiger partial charge >= 0.3 is 0 Å². The van der Waals surface area contributed by atoms with Crippen LogP contribution >= 0.6 is 0 Å². The summed E-state index contributed by atoms with van der Waals surface area (Å²) < 4.78 is 0. The fourth-order valence-electron chi connectivity index (χ4n) is 1.51. The van der Waals surface area contributed by atoms with Gasteiger partial charge in [-0.15, -0.1) is 0 Å². The summed E-state index contributed by atoms with van der Waals surface area (Å²) >= 11 is 0. The standard InChI is InChI=1S/C10H15NO/c1-7-5-10(2,3)6-8(11-4)9(7)12/h6,11H,1,5H2,2-4H3. The molecular weight excluding hydrogens is 150 g/mol. The number of Topliss-reactive ketones (excluding diaryl/α,β-unsaturated/α-hetero) is 1. The van der Waals surface area contributed by atoms with Crippen molar-refractivity contribution in [3.05, 3.63) is 23.9 Å². The second-order valence-electron chi connectivity index (χ2n) is 3.91. The van der Waals surface area contributed by atoms with Gasteiger partial charge in [-0.05, 0) is 17.4 Å². The second kappa shape index (κ2) is 2.77. The molecule has 0 aromatic heterocycles. The van der Waals surface area contributed by atoms with E-state index in [0.29, 0.717) is 11.3 Å². The molecule has 1 aliphatic carbocycles. The minimum atomic E-state index is 0.0526. The van der Waals surface area contributed by atoms with Gasteiger partial charge in [0.05, 0.1) is 5.70 Å². The van der Waals surface area contributed by atoms with E-state index in [4.69, 9.17) is 0 Å². The first kappa shape index (κ1) is 9.04. The molecule has 66 valence electrons. The van der Waals surface area contributed by atoms with Crippen molar-refractivity contribution in [2.45, 2.75) is 20.3 Å². The highest BCUT2D eigenvalue weighted by Gasteiger charge is 2.27. The van der Waals surface area contributed by atoms with E-state index in [2.05, 4.69) is 25.7 Å². The molecule has 12 heavy (non-hydrogen) atoms. The van der Waals surface area contributed by atoms with Crippen molar-refractivity contribution in [2.75, 3.05) is 7.05 Å². The van der Waals surface area contributed by atoms with Gasteiger partial charge in [-0.3, -0.25) is 4.79 Å². The lowest BCUT2D eigenvalue weighted by molar-refractivity contribution is -0.113. The lowest BCUT2D eigenvalue weighted by atomic mass is 9.79. The fourth-order valence-corrected chi connectivity index (χ4v) is 1.51. The number of hydrogen-bond acceptors (Lipinski definition) is 2. The van der Waals surface area contributed by atoms with Crippen LogP contribution in [-0.4, -0.2) is 12.8 Å². The highest BCUT2D eigenvalue weighted by Crippen LogP contribution is 2.32. The zero-order valence-corrected chi connectivity index (χ0v) is 7.90. The molecule has 0 atom stereocenters. The molecule has 0 saturated carbocycles. The first-order valence-electron chi connectivity index (χ1n) is 4.09. The van der Waals surface area contributed by atoms with E-state index in [0.717, 1.165) is 6.42 Å². The average Bonchev–Trinajstić information content (AvgIpc) is 1.96. The summed E-state index contributed by atoms with van der Waals surface area (Å²) in [7, 11) is 1.76. The van der Waals surface area contributed by atoms with E-state index < -0.39 is 0 Å². The number of carbonyl (C=O) groups excluding carboxylic acids is 1. The number of allylic oxidation sites excluding steroid dienone is 2. The molecular formula is C10H15NO. The molecule has 0 bridgehead atoms. The second-order valence-corrected chi connectivity index (χ2v) is 3.91. The molecule has 2 nitrogen and oxygen atoms in total. The Morgan fingerprint density at radius 1 is 1.58 bits per heavy atom. The summed E-state index contributed by atoms with van der Waals surface area (Å²) in [5, 5.41) is 2.89. The van der Waals surface area contributed by atoms with Crippen molar-refractivity contribution in [3.63, 3.8) is 0 Å². The number of likely N-dealkylation sites (N-methyl/N-ethyl adjacent to an activating group) is 1. The zero-order valence-electron chi connectivity index (χ0n) is 7.90. The van der Waals surface area contributed by atoms with Gasteiger partial charge in [0.1, 0.15) is 0 Å². The van der Waals surface area contributed by atoms with E-state index in [-0.39, 0.29) is 11.2 Å². The molecule has 0 radical (unpaired) electrons. The van der Waals surface area contributed by atoms with Gasteiger partial charge in [0.25, 0.3) is 0 Å². The smallest absolute Gasteiger partial charge is 0.203 e. The summed E-state index contributed by atoms with van der Waals surface area (Å²) in [4.78, 5) is 11.4. The predicted octanol–water partition coefficient (Wildman–Crippen LogP) is 1.64. The van der Waals surface area contributed by atoms with Crippen LogP contribution < -0.4 is 5.32 Å². The normalized spacial score (nSPS) is 22.1. The van der Waals surface area contributed by atoms with Crippen molar-refractivity contribution < 1.29 is 4.79 Å². The average molecular weight is 165 g/mol. The van der Waals surface area contributed by atoms with E-state index in [1.54, 1.807) is 7.05 Å². The van der Waals surface area contributed by atoms with Crippen LogP contribution in [0.25, 0.3) is 0 Å². The Morgan fingerprint density at radius 2 is 2.17 bits per heavy atom. The molecule has 1 aliphatic rings. The maximum atomic E-state index is 11.4. The molecule has 1 N–H and O–H groups in total. The molecule has 0 aromatic carbocycles. The van der Waals surface area contributed by atoms with Crippen molar-refractivity contribution in [1.82, 2.24) is 5.32 Å². The fraction of sp³-hybridized carbons (Fsp3) is 0.500. The van der Waals surface area contributed by atoms with Gasteiger partial charge < -0.3 is 5.32 Å². The highest BCUT2D eigenvalue weighted by molar-refractivity contribution is 6.08. The van der Waals surface area contributed by atoms with E-state index in [1.165, 1.54) is 0 Å². The number of carbonyl (C=O) groups is 1. The van der Waals surface area contributed by atoms with Crippen LogP contribution in [0.2, 0.25) is 0 Å². The predicted molar refractivity (Wildman–Crippen MR) is 49.7 cm³/mol. The minimum Gasteiger partial charge on any atom is -0.385 e. The third kappa shape index (κ3) is 1.58. The minimum absolute atomic E-state index is 0.0526. The first-order chi connectivity index (χ1) is 5.46. The van der Waals surface area contributed by atoms with Gasteiger partial charge in [-0.25, -0.2) is 0 Å². The molecule has 0 unspecified atom stereocenters. The summed E-state index contributed by atoms with van der Waals surface area (Å²) in [6, 6.07) is 0. The van der Waals surface area contributed by atoms with E-state index >= 15 is 0 Å². The van der Waals surface area contributed by atoms with Gasteiger partial charge in [0.2, 0.25) is 5.78 Å². The van der Waals surface area contributed by atoms with Gasteiger partial charge in [-0.1, -0.05) is 26.5 Å². The molecule has 0 spiro atoms. The Bertz CT molecular complexity index is 261. The van der Waals surface area contributed by atoms with Crippen molar-refractivity contribution in [3.8, 4) is 0 Å². The third-order valence-corrected chi connectivity index (χ3v) is 2.04. The SMILES string of the molecule is C=C1CC(C)(C)C=C(NC)C1=O. The van der Waals surface area contributed by atoms with Crippen LogP contribution in [0, 0.1) is 5.41 Å². The first-order valence-corrected chi connectivity index (χ1v) is 4.09. The van der Waals surface area contributed by atoms with Crippen LogP contribution in [0.5, 0.6) is 0 Å². The Morgan fingerprint density at radius 3 is 2.67 bits per heavy atom. The van der Waals surface area contributed by atoms with Crippen molar-refractivity contribution >= 4 is 5.78 Å². The summed E-state index contributed by atoms with van der Waals surface area (Å²) in [5.41, 5.74) is 1.44.